The summed E-state index contributed by atoms with van der Waals surface area (Å²) in [6, 6.07) is 3.23. The topological polar surface area (TPSA) is 28.4 Å². The van der Waals surface area contributed by atoms with E-state index in [-0.39, 0.29) is 0 Å². The summed E-state index contributed by atoms with van der Waals surface area (Å²) in [5, 5.41) is 3.54. The molecule has 2 rings (SSSR count). The number of likely N-dealkylation sites (N-methyl/N-ethyl adjacent to an activating group) is 1. The van der Waals surface area contributed by atoms with Crippen molar-refractivity contribution < 1.29 is 4.42 Å². The van der Waals surface area contributed by atoms with Crippen molar-refractivity contribution in [2.45, 2.75) is 44.7 Å². The Hall–Kier alpha value is -0.800. The Morgan fingerprint density at radius 3 is 2.88 bits per heavy atom. The quantitative estimate of drug-likeness (QED) is 0.823. The van der Waals surface area contributed by atoms with Crippen molar-refractivity contribution in [2.75, 3.05) is 20.1 Å². The van der Waals surface area contributed by atoms with Gasteiger partial charge in [-0.15, -0.1) is 0 Å². The molecule has 1 aliphatic carbocycles. The predicted octanol–water partition coefficient (Wildman–Crippen LogP) is 2.80. The molecule has 0 saturated heterocycles. The second-order valence-electron chi connectivity index (χ2n) is 5.15. The van der Waals surface area contributed by atoms with Crippen molar-refractivity contribution in [3.05, 3.63) is 24.2 Å². The van der Waals surface area contributed by atoms with Crippen LogP contribution < -0.4 is 5.32 Å². The lowest BCUT2D eigenvalue weighted by Gasteiger charge is -2.24. The van der Waals surface area contributed by atoms with E-state index in [1.807, 2.05) is 12.3 Å². The van der Waals surface area contributed by atoms with Gasteiger partial charge in [-0.25, -0.2) is 0 Å². The molecule has 17 heavy (non-hydrogen) atoms. The van der Waals surface area contributed by atoms with E-state index in [2.05, 4.69) is 24.2 Å². The standard InChI is InChI=1S/C14H24N2O/c1-12(13-7-10-17-11-13)15-8-9-16(2)14-5-3-4-6-14/h7,10-12,14-15H,3-6,8-9H2,1-2H3. The van der Waals surface area contributed by atoms with Crippen molar-refractivity contribution in [1.82, 2.24) is 10.2 Å². The zero-order chi connectivity index (χ0) is 12.1. The molecule has 0 aliphatic heterocycles. The molecule has 1 unspecified atom stereocenters. The van der Waals surface area contributed by atoms with E-state index in [9.17, 15) is 0 Å². The van der Waals surface area contributed by atoms with E-state index in [0.717, 1.165) is 19.1 Å². The number of nitrogens with one attached hydrogen (secondary N) is 1. The van der Waals surface area contributed by atoms with Crippen LogP contribution in [0.2, 0.25) is 0 Å². The Balaban J connectivity index is 1.65. The monoisotopic (exact) mass is 236 g/mol. The lowest BCUT2D eigenvalue weighted by Crippen LogP contribution is -2.36. The van der Waals surface area contributed by atoms with Gasteiger partial charge < -0.3 is 14.6 Å². The molecule has 1 aromatic rings. The van der Waals surface area contributed by atoms with Gasteiger partial charge in [0.1, 0.15) is 0 Å². The molecular formula is C14H24N2O. The molecule has 1 heterocycles. The Labute approximate surface area is 104 Å². The van der Waals surface area contributed by atoms with Crippen molar-refractivity contribution >= 4 is 0 Å². The first-order valence-corrected chi connectivity index (χ1v) is 6.73. The third-order valence-corrected chi connectivity index (χ3v) is 3.91. The van der Waals surface area contributed by atoms with Crippen LogP contribution >= 0.6 is 0 Å². The fourth-order valence-corrected chi connectivity index (χ4v) is 2.62. The van der Waals surface area contributed by atoms with Crippen LogP contribution in [0.5, 0.6) is 0 Å². The van der Waals surface area contributed by atoms with E-state index in [0.29, 0.717) is 6.04 Å². The van der Waals surface area contributed by atoms with Crippen molar-refractivity contribution in [3.8, 4) is 0 Å². The molecule has 1 saturated carbocycles. The average molecular weight is 236 g/mol. The molecule has 0 amide bonds. The average Bonchev–Trinajstić information content (AvgIpc) is 3.02. The maximum Gasteiger partial charge on any atom is 0.0950 e. The second-order valence-corrected chi connectivity index (χ2v) is 5.15. The van der Waals surface area contributed by atoms with Gasteiger partial charge in [0.2, 0.25) is 0 Å². The van der Waals surface area contributed by atoms with E-state index < -0.39 is 0 Å². The summed E-state index contributed by atoms with van der Waals surface area (Å²) in [5.74, 6) is 0. The van der Waals surface area contributed by atoms with Crippen molar-refractivity contribution in [1.29, 1.82) is 0 Å². The zero-order valence-corrected chi connectivity index (χ0v) is 11.0. The largest absolute Gasteiger partial charge is 0.472 e. The van der Waals surface area contributed by atoms with Gasteiger partial charge in [-0.1, -0.05) is 12.8 Å². The first kappa shape index (κ1) is 12.7. The minimum atomic E-state index is 0.380. The SMILES string of the molecule is CC(NCCN(C)C1CCCC1)c1ccoc1. The summed E-state index contributed by atoms with van der Waals surface area (Å²) < 4.78 is 5.09. The van der Waals surface area contributed by atoms with E-state index in [1.165, 1.54) is 31.2 Å². The van der Waals surface area contributed by atoms with Crippen LogP contribution in [0, 0.1) is 0 Å². The minimum absolute atomic E-state index is 0.380. The van der Waals surface area contributed by atoms with Gasteiger partial charge in [0.05, 0.1) is 12.5 Å². The molecule has 1 N–H and O–H groups in total. The molecule has 96 valence electrons. The summed E-state index contributed by atoms with van der Waals surface area (Å²) in [6.07, 6.45) is 9.14. The van der Waals surface area contributed by atoms with Crippen molar-refractivity contribution in [2.24, 2.45) is 0 Å². The van der Waals surface area contributed by atoms with Gasteiger partial charge in [-0.05, 0) is 32.9 Å². The van der Waals surface area contributed by atoms with Crippen LogP contribution in [0.3, 0.4) is 0 Å². The van der Waals surface area contributed by atoms with Gasteiger partial charge in [-0.2, -0.15) is 0 Å². The highest BCUT2D eigenvalue weighted by molar-refractivity contribution is 5.10. The third kappa shape index (κ3) is 3.58. The number of hydrogen-bond donors (Lipinski definition) is 1. The Morgan fingerprint density at radius 1 is 1.47 bits per heavy atom. The highest BCUT2D eigenvalue weighted by Crippen LogP contribution is 2.22. The lowest BCUT2D eigenvalue weighted by molar-refractivity contribution is 0.243. The van der Waals surface area contributed by atoms with Crippen LogP contribution in [-0.2, 0) is 0 Å². The molecule has 1 atom stereocenters. The molecule has 0 bridgehead atoms. The maximum atomic E-state index is 5.09. The normalized spacial score (nSPS) is 19.0. The Kier molecular flexibility index (Phi) is 4.63. The molecular weight excluding hydrogens is 212 g/mol. The molecule has 1 aromatic heterocycles. The van der Waals surface area contributed by atoms with Gasteiger partial charge in [0, 0.05) is 30.7 Å². The number of hydrogen-bond acceptors (Lipinski definition) is 3. The third-order valence-electron chi connectivity index (χ3n) is 3.91. The maximum absolute atomic E-state index is 5.09. The minimum Gasteiger partial charge on any atom is -0.472 e. The molecule has 1 aliphatic rings. The zero-order valence-electron chi connectivity index (χ0n) is 11.0. The Morgan fingerprint density at radius 2 is 2.24 bits per heavy atom. The molecule has 3 nitrogen and oxygen atoms in total. The van der Waals surface area contributed by atoms with Crippen LogP contribution in [0.15, 0.2) is 23.0 Å². The summed E-state index contributed by atoms with van der Waals surface area (Å²) >= 11 is 0. The van der Waals surface area contributed by atoms with Crippen LogP contribution in [0.1, 0.15) is 44.2 Å². The fraction of sp³-hybridized carbons (Fsp3) is 0.714. The smallest absolute Gasteiger partial charge is 0.0950 e. The van der Waals surface area contributed by atoms with Gasteiger partial charge >= 0.3 is 0 Å². The molecule has 0 radical (unpaired) electrons. The summed E-state index contributed by atoms with van der Waals surface area (Å²) in [6.45, 7) is 4.35. The summed E-state index contributed by atoms with van der Waals surface area (Å²) in [7, 11) is 2.25. The molecule has 0 aromatic carbocycles. The van der Waals surface area contributed by atoms with E-state index in [4.69, 9.17) is 4.42 Å². The van der Waals surface area contributed by atoms with E-state index in [1.54, 1.807) is 6.26 Å². The number of rotatable bonds is 6. The highest BCUT2D eigenvalue weighted by atomic mass is 16.3. The number of furan rings is 1. The lowest BCUT2D eigenvalue weighted by atomic mass is 10.2. The van der Waals surface area contributed by atoms with Crippen LogP contribution in [0.4, 0.5) is 0 Å². The molecule has 0 spiro atoms. The van der Waals surface area contributed by atoms with Gasteiger partial charge in [0.15, 0.2) is 0 Å². The summed E-state index contributed by atoms with van der Waals surface area (Å²) in [5.41, 5.74) is 1.23. The molecule has 3 heteroatoms. The van der Waals surface area contributed by atoms with Gasteiger partial charge in [0.25, 0.3) is 0 Å². The Bertz CT molecular complexity index is 304. The first-order valence-electron chi connectivity index (χ1n) is 6.73. The number of nitrogens with zero attached hydrogens (tertiary/aromatic N) is 1. The second kappa shape index (κ2) is 6.22. The van der Waals surface area contributed by atoms with Gasteiger partial charge in [-0.3, -0.25) is 0 Å². The molecule has 1 fully saturated rings. The van der Waals surface area contributed by atoms with Crippen LogP contribution in [0.25, 0.3) is 0 Å². The van der Waals surface area contributed by atoms with E-state index >= 15 is 0 Å². The predicted molar refractivity (Wildman–Crippen MR) is 70.0 cm³/mol. The summed E-state index contributed by atoms with van der Waals surface area (Å²) in [4.78, 5) is 2.50. The van der Waals surface area contributed by atoms with Crippen molar-refractivity contribution in [3.63, 3.8) is 0 Å². The first-order chi connectivity index (χ1) is 8.27. The van der Waals surface area contributed by atoms with Crippen LogP contribution in [-0.4, -0.2) is 31.1 Å². The highest BCUT2D eigenvalue weighted by Gasteiger charge is 2.18. The fourth-order valence-electron chi connectivity index (χ4n) is 2.62.